The van der Waals surface area contributed by atoms with Crippen LogP contribution in [0.15, 0.2) is 12.1 Å². The molecule has 2 aliphatic rings. The second kappa shape index (κ2) is 3.60. The van der Waals surface area contributed by atoms with Crippen molar-refractivity contribution in [2.45, 2.75) is 31.2 Å². The lowest BCUT2D eigenvalue weighted by Gasteiger charge is -2.27. The van der Waals surface area contributed by atoms with E-state index in [2.05, 4.69) is 0 Å². The number of hydrogen-bond donors (Lipinski definition) is 1. The molecule has 1 heterocycles. The molecule has 1 fully saturated rings. The molecular formula is C13H16FNO2. The van der Waals surface area contributed by atoms with Gasteiger partial charge in [0.1, 0.15) is 19.0 Å². The smallest absolute Gasteiger partial charge is 0.168 e. The highest BCUT2D eigenvalue weighted by Crippen LogP contribution is 2.56. The predicted molar refractivity (Wildman–Crippen MR) is 62.0 cm³/mol. The van der Waals surface area contributed by atoms with Gasteiger partial charge < -0.3 is 15.2 Å². The molecule has 0 spiro atoms. The van der Waals surface area contributed by atoms with Gasteiger partial charge in [0, 0.05) is 17.0 Å². The zero-order valence-corrected chi connectivity index (χ0v) is 9.83. The Labute approximate surface area is 99.7 Å². The van der Waals surface area contributed by atoms with Crippen molar-refractivity contribution in [1.82, 2.24) is 0 Å². The highest BCUT2D eigenvalue weighted by atomic mass is 19.1. The van der Waals surface area contributed by atoms with Gasteiger partial charge in [-0.15, -0.1) is 0 Å². The van der Waals surface area contributed by atoms with Crippen LogP contribution in [0.2, 0.25) is 0 Å². The van der Waals surface area contributed by atoms with E-state index >= 15 is 0 Å². The van der Waals surface area contributed by atoms with E-state index in [0.29, 0.717) is 30.3 Å². The van der Waals surface area contributed by atoms with Crippen molar-refractivity contribution in [3.05, 3.63) is 23.5 Å². The van der Waals surface area contributed by atoms with Crippen LogP contribution in [0, 0.1) is 5.82 Å². The van der Waals surface area contributed by atoms with Crippen molar-refractivity contribution in [3.8, 4) is 11.5 Å². The van der Waals surface area contributed by atoms with Gasteiger partial charge in [0.2, 0.25) is 0 Å². The molecule has 0 radical (unpaired) electrons. The fraction of sp³-hybridized carbons (Fsp3) is 0.538. The first-order valence-electron chi connectivity index (χ1n) is 5.99. The molecule has 1 aliphatic carbocycles. The Hall–Kier alpha value is -1.29. The lowest BCUT2D eigenvalue weighted by atomic mass is 9.88. The minimum Gasteiger partial charge on any atom is -0.486 e. The topological polar surface area (TPSA) is 44.5 Å². The number of hydrogen-bond acceptors (Lipinski definition) is 3. The Morgan fingerprint density at radius 3 is 2.65 bits per heavy atom. The van der Waals surface area contributed by atoms with E-state index in [4.69, 9.17) is 15.2 Å². The average Bonchev–Trinajstić information content (AvgIpc) is 3.10. The van der Waals surface area contributed by atoms with E-state index in [1.165, 1.54) is 6.07 Å². The number of rotatable bonds is 2. The van der Waals surface area contributed by atoms with Gasteiger partial charge >= 0.3 is 0 Å². The van der Waals surface area contributed by atoms with Crippen LogP contribution in [0.4, 0.5) is 4.39 Å². The second-order valence-electron chi connectivity index (χ2n) is 4.89. The van der Waals surface area contributed by atoms with Crippen LogP contribution in [-0.2, 0) is 5.41 Å². The Bertz CT molecular complexity index is 455. The first-order valence-corrected chi connectivity index (χ1v) is 5.99. The summed E-state index contributed by atoms with van der Waals surface area (Å²) in [6.45, 7) is 2.91. The van der Waals surface area contributed by atoms with Gasteiger partial charge in [-0.25, -0.2) is 4.39 Å². The lowest BCUT2D eigenvalue weighted by Crippen LogP contribution is -2.33. The molecule has 1 unspecified atom stereocenters. The summed E-state index contributed by atoms with van der Waals surface area (Å²) < 4.78 is 25.2. The number of benzene rings is 1. The van der Waals surface area contributed by atoms with Gasteiger partial charge in [0.15, 0.2) is 11.5 Å². The summed E-state index contributed by atoms with van der Waals surface area (Å²) >= 11 is 0. The van der Waals surface area contributed by atoms with Gasteiger partial charge in [-0.05, 0) is 31.9 Å². The van der Waals surface area contributed by atoms with E-state index in [-0.39, 0.29) is 17.3 Å². The summed E-state index contributed by atoms with van der Waals surface area (Å²) in [5, 5.41) is 0. The zero-order valence-electron chi connectivity index (χ0n) is 9.83. The molecule has 1 aromatic carbocycles. The first-order chi connectivity index (χ1) is 8.15. The minimum absolute atomic E-state index is 0.0750. The largest absolute Gasteiger partial charge is 0.486 e. The fourth-order valence-electron chi connectivity index (χ4n) is 2.62. The fourth-order valence-corrected chi connectivity index (χ4v) is 2.62. The summed E-state index contributed by atoms with van der Waals surface area (Å²) in [7, 11) is 0. The highest BCUT2D eigenvalue weighted by molar-refractivity contribution is 5.54. The van der Waals surface area contributed by atoms with E-state index in [9.17, 15) is 4.39 Å². The van der Waals surface area contributed by atoms with Crippen molar-refractivity contribution < 1.29 is 13.9 Å². The Balaban J connectivity index is 2.15. The first kappa shape index (κ1) is 10.8. The van der Waals surface area contributed by atoms with Gasteiger partial charge in [-0.1, -0.05) is 0 Å². The molecule has 3 nitrogen and oxygen atoms in total. The van der Waals surface area contributed by atoms with Crippen LogP contribution in [0.25, 0.3) is 0 Å². The number of halogens is 1. The summed E-state index contributed by atoms with van der Waals surface area (Å²) in [6.07, 6.45) is 1.84. The van der Waals surface area contributed by atoms with Crippen LogP contribution in [0.5, 0.6) is 11.5 Å². The maximum atomic E-state index is 14.1. The van der Waals surface area contributed by atoms with Crippen LogP contribution in [0.3, 0.4) is 0 Å². The molecule has 3 rings (SSSR count). The van der Waals surface area contributed by atoms with E-state index in [0.717, 1.165) is 12.8 Å². The number of fused-ring (bicyclic) bond motifs is 1. The van der Waals surface area contributed by atoms with Crippen LogP contribution in [-0.4, -0.2) is 19.3 Å². The normalized spacial score (nSPS) is 22.1. The minimum atomic E-state index is -0.254. The molecule has 2 N–H and O–H groups in total. The van der Waals surface area contributed by atoms with E-state index in [1.54, 1.807) is 6.07 Å². The third-order valence-electron chi connectivity index (χ3n) is 3.82. The van der Waals surface area contributed by atoms with Gasteiger partial charge in [-0.2, -0.15) is 0 Å². The Kier molecular flexibility index (Phi) is 2.30. The van der Waals surface area contributed by atoms with Crippen LogP contribution in [0.1, 0.15) is 25.3 Å². The molecule has 1 atom stereocenters. The average molecular weight is 237 g/mol. The van der Waals surface area contributed by atoms with Crippen LogP contribution >= 0.6 is 0 Å². The van der Waals surface area contributed by atoms with Gasteiger partial charge in [-0.3, -0.25) is 0 Å². The standard InChI is InChI=1S/C13H16FNO2/c1-8(15)13(4-5-13)11-9(14)2-3-10-12(11)17-7-6-16-10/h2-3,8H,4-7,15H2,1H3. The highest BCUT2D eigenvalue weighted by Gasteiger charge is 2.51. The summed E-state index contributed by atoms with van der Waals surface area (Å²) in [5.74, 6) is 0.967. The van der Waals surface area contributed by atoms with E-state index < -0.39 is 0 Å². The third-order valence-corrected chi connectivity index (χ3v) is 3.82. The zero-order chi connectivity index (χ0) is 12.0. The third kappa shape index (κ3) is 1.51. The molecule has 0 aromatic heterocycles. The van der Waals surface area contributed by atoms with Crippen molar-refractivity contribution in [1.29, 1.82) is 0 Å². The quantitative estimate of drug-likeness (QED) is 0.855. The lowest BCUT2D eigenvalue weighted by molar-refractivity contribution is 0.167. The molecule has 17 heavy (non-hydrogen) atoms. The molecule has 0 amide bonds. The van der Waals surface area contributed by atoms with Crippen molar-refractivity contribution >= 4 is 0 Å². The number of ether oxygens (including phenoxy) is 2. The monoisotopic (exact) mass is 237 g/mol. The van der Waals surface area contributed by atoms with Crippen LogP contribution < -0.4 is 15.2 Å². The summed E-state index contributed by atoms with van der Waals surface area (Å²) in [4.78, 5) is 0. The Morgan fingerprint density at radius 2 is 2.00 bits per heavy atom. The number of nitrogens with two attached hydrogens (primary N) is 1. The summed E-state index contributed by atoms with van der Waals surface area (Å²) in [5.41, 5.74) is 6.37. The summed E-state index contributed by atoms with van der Waals surface area (Å²) in [6, 6.07) is 3.00. The Morgan fingerprint density at radius 1 is 1.29 bits per heavy atom. The maximum Gasteiger partial charge on any atom is 0.168 e. The SMILES string of the molecule is CC(N)C1(c2c(F)ccc3c2OCCO3)CC1. The molecule has 92 valence electrons. The van der Waals surface area contributed by atoms with Gasteiger partial charge in [0.25, 0.3) is 0 Å². The van der Waals surface area contributed by atoms with Crippen molar-refractivity contribution in [2.75, 3.05) is 13.2 Å². The molecule has 4 heteroatoms. The molecule has 1 saturated carbocycles. The molecule has 0 saturated heterocycles. The maximum absolute atomic E-state index is 14.1. The second-order valence-corrected chi connectivity index (χ2v) is 4.89. The molecule has 1 aliphatic heterocycles. The van der Waals surface area contributed by atoms with E-state index in [1.807, 2.05) is 6.92 Å². The predicted octanol–water partition coefficient (Wildman–Crippen LogP) is 1.98. The van der Waals surface area contributed by atoms with Gasteiger partial charge in [0.05, 0.1) is 0 Å². The van der Waals surface area contributed by atoms with Crippen molar-refractivity contribution in [3.63, 3.8) is 0 Å². The molecular weight excluding hydrogens is 221 g/mol. The molecule has 0 bridgehead atoms. The van der Waals surface area contributed by atoms with Crippen molar-refractivity contribution in [2.24, 2.45) is 5.73 Å². The molecule has 1 aromatic rings.